The average Bonchev–Trinajstić information content (AvgIpc) is 2.87. The standard InChI is InChI=1S/C13H16N2O2S3/c1-20(16,17)10-4-2-3-9(7-10)19-13-12-11(5-6-18-12)14-8-15-13/h5-6,8-10H,2-4,7H2,1H3/t9-,10+/m1/s1. The smallest absolute Gasteiger partial charge is 0.150 e. The number of hydrogen-bond donors (Lipinski definition) is 0. The lowest BCUT2D eigenvalue weighted by atomic mass is 10.00. The van der Waals surface area contributed by atoms with Gasteiger partial charge in [-0.15, -0.1) is 23.1 Å². The molecular formula is C13H16N2O2S3. The van der Waals surface area contributed by atoms with E-state index in [-0.39, 0.29) is 5.25 Å². The molecule has 0 amide bonds. The summed E-state index contributed by atoms with van der Waals surface area (Å²) in [6, 6.07) is 1.99. The Labute approximate surface area is 126 Å². The van der Waals surface area contributed by atoms with Crippen LogP contribution in [-0.2, 0) is 9.84 Å². The van der Waals surface area contributed by atoms with Crippen molar-refractivity contribution in [1.82, 2.24) is 9.97 Å². The van der Waals surface area contributed by atoms with Crippen LogP contribution in [-0.4, -0.2) is 35.1 Å². The molecule has 2 aromatic rings. The SMILES string of the molecule is CS(=O)(=O)[C@H]1CCC[C@@H](Sc2ncnc3ccsc23)C1. The highest BCUT2D eigenvalue weighted by molar-refractivity contribution is 8.00. The number of thioether (sulfide) groups is 1. The van der Waals surface area contributed by atoms with Gasteiger partial charge in [-0.1, -0.05) is 6.42 Å². The molecule has 1 aliphatic carbocycles. The summed E-state index contributed by atoms with van der Waals surface area (Å²) in [6.07, 6.45) is 6.53. The molecule has 0 saturated heterocycles. The Morgan fingerprint density at radius 3 is 3.00 bits per heavy atom. The molecule has 2 heterocycles. The van der Waals surface area contributed by atoms with Gasteiger partial charge in [-0.2, -0.15) is 0 Å². The fourth-order valence-corrected chi connectivity index (χ4v) is 6.17. The molecule has 7 heteroatoms. The summed E-state index contributed by atoms with van der Waals surface area (Å²) < 4.78 is 24.6. The molecule has 1 fully saturated rings. The molecule has 4 nitrogen and oxygen atoms in total. The van der Waals surface area contributed by atoms with E-state index in [0.717, 1.165) is 40.9 Å². The fraction of sp³-hybridized carbons (Fsp3) is 0.538. The van der Waals surface area contributed by atoms with Gasteiger partial charge in [0.05, 0.1) is 15.5 Å². The lowest BCUT2D eigenvalue weighted by molar-refractivity contribution is 0.495. The van der Waals surface area contributed by atoms with Crippen LogP contribution < -0.4 is 0 Å². The molecule has 2 atom stereocenters. The van der Waals surface area contributed by atoms with Crippen molar-refractivity contribution in [2.24, 2.45) is 0 Å². The molecule has 1 saturated carbocycles. The molecule has 0 bridgehead atoms. The predicted octanol–water partition coefficient (Wildman–Crippen LogP) is 3.14. The first kappa shape index (κ1) is 14.3. The van der Waals surface area contributed by atoms with Crippen molar-refractivity contribution in [3.05, 3.63) is 17.8 Å². The van der Waals surface area contributed by atoms with Gasteiger partial charge in [-0.25, -0.2) is 18.4 Å². The Kier molecular flexibility index (Phi) is 4.01. The van der Waals surface area contributed by atoms with Gasteiger partial charge in [0, 0.05) is 11.5 Å². The zero-order chi connectivity index (χ0) is 14.2. The molecule has 1 aliphatic rings. The van der Waals surface area contributed by atoms with Gasteiger partial charge in [-0.3, -0.25) is 0 Å². The maximum absolute atomic E-state index is 11.7. The average molecular weight is 328 g/mol. The number of sulfone groups is 1. The van der Waals surface area contributed by atoms with Crippen LogP contribution in [0.3, 0.4) is 0 Å². The van der Waals surface area contributed by atoms with Crippen LogP contribution in [0.25, 0.3) is 10.2 Å². The summed E-state index contributed by atoms with van der Waals surface area (Å²) in [5.74, 6) is 0. The van der Waals surface area contributed by atoms with Gasteiger partial charge in [0.15, 0.2) is 0 Å². The molecule has 20 heavy (non-hydrogen) atoms. The van der Waals surface area contributed by atoms with Crippen LogP contribution in [0.4, 0.5) is 0 Å². The Morgan fingerprint density at radius 1 is 1.35 bits per heavy atom. The molecule has 0 aliphatic heterocycles. The molecule has 2 aromatic heterocycles. The maximum atomic E-state index is 11.7. The lowest BCUT2D eigenvalue weighted by Gasteiger charge is -2.27. The first-order valence-corrected chi connectivity index (χ1v) is 10.3. The quantitative estimate of drug-likeness (QED) is 0.810. The first-order valence-electron chi connectivity index (χ1n) is 6.58. The minimum Gasteiger partial charge on any atom is -0.235 e. The summed E-state index contributed by atoms with van der Waals surface area (Å²) >= 11 is 3.36. The van der Waals surface area contributed by atoms with Crippen molar-refractivity contribution in [2.45, 2.75) is 41.2 Å². The Hall–Kier alpha value is -0.660. The van der Waals surface area contributed by atoms with E-state index in [2.05, 4.69) is 9.97 Å². The second-order valence-electron chi connectivity index (χ2n) is 5.17. The van der Waals surface area contributed by atoms with E-state index in [1.165, 1.54) is 6.26 Å². The maximum Gasteiger partial charge on any atom is 0.150 e. The monoisotopic (exact) mass is 328 g/mol. The number of hydrogen-bond acceptors (Lipinski definition) is 6. The highest BCUT2D eigenvalue weighted by Crippen LogP contribution is 2.38. The Balaban J connectivity index is 1.79. The fourth-order valence-electron chi connectivity index (χ4n) is 2.61. The summed E-state index contributed by atoms with van der Waals surface area (Å²) in [5, 5.41) is 3.16. The summed E-state index contributed by atoms with van der Waals surface area (Å²) in [4.78, 5) is 8.61. The molecule has 0 unspecified atom stereocenters. The summed E-state index contributed by atoms with van der Waals surface area (Å²) in [6.45, 7) is 0. The van der Waals surface area contributed by atoms with Crippen molar-refractivity contribution in [3.63, 3.8) is 0 Å². The summed E-state index contributed by atoms with van der Waals surface area (Å²) in [5.41, 5.74) is 0.975. The van der Waals surface area contributed by atoms with Gasteiger partial charge >= 0.3 is 0 Å². The normalized spacial score (nSPS) is 24.1. The second kappa shape index (κ2) is 5.61. The number of aromatic nitrogens is 2. The van der Waals surface area contributed by atoms with Gasteiger partial charge in [0.1, 0.15) is 21.2 Å². The third kappa shape index (κ3) is 2.99. The Bertz CT molecular complexity index is 711. The van der Waals surface area contributed by atoms with Gasteiger partial charge in [-0.05, 0) is 30.7 Å². The largest absolute Gasteiger partial charge is 0.235 e. The van der Waals surface area contributed by atoms with E-state index >= 15 is 0 Å². The van der Waals surface area contributed by atoms with E-state index in [9.17, 15) is 8.42 Å². The number of rotatable bonds is 3. The van der Waals surface area contributed by atoms with Crippen LogP contribution in [0, 0.1) is 0 Å². The van der Waals surface area contributed by atoms with E-state index < -0.39 is 9.84 Å². The second-order valence-corrected chi connectivity index (χ2v) is 9.70. The molecule has 3 rings (SSSR count). The molecule has 0 spiro atoms. The van der Waals surface area contributed by atoms with Crippen LogP contribution >= 0.6 is 23.1 Å². The van der Waals surface area contributed by atoms with Crippen LogP contribution in [0.15, 0.2) is 22.8 Å². The summed E-state index contributed by atoms with van der Waals surface area (Å²) in [7, 11) is -2.93. The van der Waals surface area contributed by atoms with Crippen LogP contribution in [0.2, 0.25) is 0 Å². The highest BCUT2D eigenvalue weighted by atomic mass is 32.2. The molecule has 108 valence electrons. The third-order valence-corrected chi connectivity index (χ3v) is 7.65. The molecular weight excluding hydrogens is 312 g/mol. The zero-order valence-corrected chi connectivity index (χ0v) is 13.6. The topological polar surface area (TPSA) is 59.9 Å². The predicted molar refractivity (Wildman–Crippen MR) is 84.2 cm³/mol. The minimum atomic E-state index is -2.93. The number of thiophene rings is 1. The van der Waals surface area contributed by atoms with Gasteiger partial charge < -0.3 is 0 Å². The van der Waals surface area contributed by atoms with Crippen molar-refractivity contribution in [1.29, 1.82) is 0 Å². The van der Waals surface area contributed by atoms with E-state index in [1.54, 1.807) is 29.4 Å². The molecule has 0 aromatic carbocycles. The highest BCUT2D eigenvalue weighted by Gasteiger charge is 2.29. The van der Waals surface area contributed by atoms with E-state index in [1.807, 2.05) is 11.4 Å². The lowest BCUT2D eigenvalue weighted by Crippen LogP contribution is -2.28. The number of fused-ring (bicyclic) bond motifs is 1. The first-order chi connectivity index (χ1) is 9.54. The van der Waals surface area contributed by atoms with E-state index in [4.69, 9.17) is 0 Å². The minimum absolute atomic E-state index is 0.186. The third-order valence-electron chi connectivity index (χ3n) is 3.67. The van der Waals surface area contributed by atoms with Crippen LogP contribution in [0.1, 0.15) is 25.7 Å². The van der Waals surface area contributed by atoms with Crippen molar-refractivity contribution in [2.75, 3.05) is 6.26 Å². The van der Waals surface area contributed by atoms with Gasteiger partial charge in [0.25, 0.3) is 0 Å². The molecule has 0 N–H and O–H groups in total. The van der Waals surface area contributed by atoms with E-state index in [0.29, 0.717) is 5.25 Å². The van der Waals surface area contributed by atoms with Crippen molar-refractivity contribution < 1.29 is 8.42 Å². The van der Waals surface area contributed by atoms with Crippen LogP contribution in [0.5, 0.6) is 0 Å². The zero-order valence-electron chi connectivity index (χ0n) is 11.2. The number of nitrogens with zero attached hydrogens (tertiary/aromatic N) is 2. The van der Waals surface area contributed by atoms with Crippen molar-refractivity contribution in [3.8, 4) is 0 Å². The molecule has 0 radical (unpaired) electrons. The Morgan fingerprint density at radius 2 is 2.20 bits per heavy atom. The van der Waals surface area contributed by atoms with Crippen molar-refractivity contribution >= 4 is 43.2 Å². The van der Waals surface area contributed by atoms with Gasteiger partial charge in [0.2, 0.25) is 0 Å².